The van der Waals surface area contributed by atoms with Gasteiger partial charge in [0.25, 0.3) is 5.91 Å². The molecule has 0 aromatic heterocycles. The number of halogens is 3. The van der Waals surface area contributed by atoms with Gasteiger partial charge in [0.2, 0.25) is 0 Å². The minimum Gasteiger partial charge on any atom is -0.390 e. The van der Waals surface area contributed by atoms with Gasteiger partial charge in [0.15, 0.2) is 0 Å². The Balaban J connectivity index is 2.10. The van der Waals surface area contributed by atoms with Crippen LogP contribution in [0.1, 0.15) is 35.7 Å². The van der Waals surface area contributed by atoms with Gasteiger partial charge in [-0.3, -0.25) is 9.69 Å². The lowest BCUT2D eigenvalue weighted by molar-refractivity contribution is -0.137. The van der Waals surface area contributed by atoms with Crippen molar-refractivity contribution in [3.05, 3.63) is 35.4 Å². The number of hydrogen-bond donors (Lipinski definition) is 1. The SMILES string of the molecule is CCCC(CN1CC(O)C1)N(C)C(=O)c1cccc(C(F)(F)F)c1. The van der Waals surface area contributed by atoms with E-state index < -0.39 is 17.6 Å². The molecule has 2 rings (SSSR count). The summed E-state index contributed by atoms with van der Waals surface area (Å²) < 4.78 is 38.5. The molecular formula is C17H23F3N2O2. The molecule has 1 aromatic rings. The number of carbonyl (C=O) groups excluding carboxylic acids is 1. The van der Waals surface area contributed by atoms with Gasteiger partial charge in [-0.05, 0) is 24.6 Å². The number of aliphatic hydroxyl groups is 1. The molecule has 0 aliphatic carbocycles. The summed E-state index contributed by atoms with van der Waals surface area (Å²) in [5, 5.41) is 9.36. The Hall–Kier alpha value is -1.60. The Bertz CT molecular complexity index is 571. The van der Waals surface area contributed by atoms with Crippen molar-refractivity contribution < 1.29 is 23.1 Å². The number of benzene rings is 1. The fourth-order valence-electron chi connectivity index (χ4n) is 2.93. The normalized spacial score (nSPS) is 17.4. The minimum atomic E-state index is -4.47. The van der Waals surface area contributed by atoms with Crippen molar-refractivity contribution >= 4 is 5.91 Å². The summed E-state index contributed by atoms with van der Waals surface area (Å²) in [6, 6.07) is 4.43. The maximum absolute atomic E-state index is 12.8. The monoisotopic (exact) mass is 344 g/mol. The van der Waals surface area contributed by atoms with Crippen LogP contribution in [0, 0.1) is 0 Å². The molecule has 4 nitrogen and oxygen atoms in total. The largest absolute Gasteiger partial charge is 0.416 e. The van der Waals surface area contributed by atoms with E-state index in [2.05, 4.69) is 0 Å². The molecule has 1 heterocycles. The Labute approximate surface area is 139 Å². The van der Waals surface area contributed by atoms with E-state index in [-0.39, 0.29) is 17.7 Å². The predicted octanol–water partition coefficient (Wildman–Crippen LogP) is 2.62. The first kappa shape index (κ1) is 18.7. The van der Waals surface area contributed by atoms with Gasteiger partial charge < -0.3 is 10.0 Å². The van der Waals surface area contributed by atoms with Gasteiger partial charge in [0, 0.05) is 38.3 Å². The molecule has 1 saturated heterocycles. The molecule has 1 atom stereocenters. The van der Waals surface area contributed by atoms with E-state index in [0.29, 0.717) is 19.6 Å². The number of hydrogen-bond acceptors (Lipinski definition) is 3. The Kier molecular flexibility index (Phi) is 5.87. The highest BCUT2D eigenvalue weighted by Crippen LogP contribution is 2.30. The molecule has 134 valence electrons. The Morgan fingerprint density at radius 3 is 2.62 bits per heavy atom. The van der Waals surface area contributed by atoms with Crippen LogP contribution < -0.4 is 0 Å². The minimum absolute atomic E-state index is 0.0390. The average Bonchev–Trinajstić information content (AvgIpc) is 2.50. The molecule has 1 aromatic carbocycles. The molecule has 1 fully saturated rings. The van der Waals surface area contributed by atoms with Crippen LogP contribution in [0.25, 0.3) is 0 Å². The van der Waals surface area contributed by atoms with Crippen LogP contribution in [0.4, 0.5) is 13.2 Å². The van der Waals surface area contributed by atoms with Gasteiger partial charge in [-0.2, -0.15) is 13.2 Å². The van der Waals surface area contributed by atoms with Crippen LogP contribution in [-0.2, 0) is 6.18 Å². The van der Waals surface area contributed by atoms with Gasteiger partial charge in [0.1, 0.15) is 0 Å². The zero-order valence-corrected chi connectivity index (χ0v) is 13.9. The van der Waals surface area contributed by atoms with E-state index in [1.165, 1.54) is 17.0 Å². The standard InChI is InChI=1S/C17H23F3N2O2/c1-3-5-14(9-22-10-15(23)11-22)21(2)16(24)12-6-4-7-13(8-12)17(18,19)20/h4,6-8,14-15,23H,3,5,9-11H2,1-2H3. The molecule has 0 saturated carbocycles. The van der Waals surface area contributed by atoms with Gasteiger partial charge in [-0.15, -0.1) is 0 Å². The van der Waals surface area contributed by atoms with Crippen molar-refractivity contribution in [2.75, 3.05) is 26.7 Å². The van der Waals surface area contributed by atoms with Crippen LogP contribution in [0.5, 0.6) is 0 Å². The molecule has 24 heavy (non-hydrogen) atoms. The topological polar surface area (TPSA) is 43.8 Å². The van der Waals surface area contributed by atoms with Crippen molar-refractivity contribution in [1.82, 2.24) is 9.80 Å². The van der Waals surface area contributed by atoms with Crippen molar-refractivity contribution in [2.24, 2.45) is 0 Å². The third-order valence-electron chi connectivity index (χ3n) is 4.33. The van der Waals surface area contributed by atoms with Crippen LogP contribution in [0.2, 0.25) is 0 Å². The van der Waals surface area contributed by atoms with Crippen LogP contribution in [0.15, 0.2) is 24.3 Å². The lowest BCUT2D eigenvalue weighted by Gasteiger charge is -2.40. The number of aliphatic hydroxyl groups excluding tert-OH is 1. The van der Waals surface area contributed by atoms with E-state index in [9.17, 15) is 23.1 Å². The molecule has 7 heteroatoms. The first-order chi connectivity index (χ1) is 11.2. The Morgan fingerprint density at radius 2 is 2.08 bits per heavy atom. The van der Waals surface area contributed by atoms with Crippen LogP contribution >= 0.6 is 0 Å². The van der Waals surface area contributed by atoms with Crippen molar-refractivity contribution in [3.8, 4) is 0 Å². The third kappa shape index (κ3) is 4.48. The molecule has 1 aliphatic heterocycles. The summed E-state index contributed by atoms with van der Waals surface area (Å²) in [6.45, 7) is 3.77. The lowest BCUT2D eigenvalue weighted by atomic mass is 10.0. The number of β-amino-alcohol motifs (C(OH)–C–C–N with tert-alkyl or cyclic N) is 1. The molecular weight excluding hydrogens is 321 g/mol. The van der Waals surface area contributed by atoms with Crippen molar-refractivity contribution in [3.63, 3.8) is 0 Å². The maximum Gasteiger partial charge on any atom is 0.416 e. The van der Waals surface area contributed by atoms with Crippen molar-refractivity contribution in [1.29, 1.82) is 0 Å². The molecule has 1 amide bonds. The van der Waals surface area contributed by atoms with Gasteiger partial charge in [0.05, 0.1) is 11.7 Å². The summed E-state index contributed by atoms with van der Waals surface area (Å²) in [6.07, 6.45) is -3.17. The van der Waals surface area contributed by atoms with E-state index in [4.69, 9.17) is 0 Å². The fraction of sp³-hybridized carbons (Fsp3) is 0.588. The highest BCUT2D eigenvalue weighted by atomic mass is 19.4. The molecule has 1 unspecified atom stereocenters. The number of nitrogens with zero attached hydrogens (tertiary/aromatic N) is 2. The molecule has 0 spiro atoms. The third-order valence-corrected chi connectivity index (χ3v) is 4.33. The number of amides is 1. The van der Waals surface area contributed by atoms with E-state index in [1.807, 2.05) is 11.8 Å². The van der Waals surface area contributed by atoms with Gasteiger partial charge in [-0.25, -0.2) is 0 Å². The highest BCUT2D eigenvalue weighted by Gasteiger charge is 2.32. The fourth-order valence-corrected chi connectivity index (χ4v) is 2.93. The molecule has 1 N–H and O–H groups in total. The summed E-state index contributed by atoms with van der Waals surface area (Å²) in [7, 11) is 1.62. The maximum atomic E-state index is 12.8. The first-order valence-corrected chi connectivity index (χ1v) is 8.07. The second kappa shape index (κ2) is 7.53. The van der Waals surface area contributed by atoms with Crippen molar-refractivity contribution in [2.45, 2.75) is 38.1 Å². The molecule has 0 radical (unpaired) electrons. The van der Waals surface area contributed by atoms with E-state index >= 15 is 0 Å². The summed E-state index contributed by atoms with van der Waals surface area (Å²) in [5.74, 6) is -0.416. The smallest absolute Gasteiger partial charge is 0.390 e. The number of alkyl halides is 3. The Morgan fingerprint density at radius 1 is 1.42 bits per heavy atom. The number of carbonyl (C=O) groups is 1. The van der Waals surface area contributed by atoms with E-state index in [0.717, 1.165) is 25.0 Å². The average molecular weight is 344 g/mol. The zero-order chi connectivity index (χ0) is 17.9. The lowest BCUT2D eigenvalue weighted by Crippen LogP contribution is -2.55. The predicted molar refractivity (Wildman–Crippen MR) is 84.7 cm³/mol. The van der Waals surface area contributed by atoms with Crippen LogP contribution in [-0.4, -0.2) is 59.6 Å². The number of rotatable bonds is 6. The zero-order valence-electron chi connectivity index (χ0n) is 13.9. The second-order valence-corrected chi connectivity index (χ2v) is 6.31. The van der Waals surface area contributed by atoms with Gasteiger partial charge >= 0.3 is 6.18 Å². The summed E-state index contributed by atoms with van der Waals surface area (Å²) >= 11 is 0. The quantitative estimate of drug-likeness (QED) is 0.863. The van der Waals surface area contributed by atoms with E-state index in [1.54, 1.807) is 7.05 Å². The second-order valence-electron chi connectivity index (χ2n) is 6.31. The molecule has 0 bridgehead atoms. The summed E-state index contributed by atoms with van der Waals surface area (Å²) in [4.78, 5) is 16.1. The molecule has 1 aliphatic rings. The summed E-state index contributed by atoms with van der Waals surface area (Å²) in [5.41, 5.74) is -0.781. The highest BCUT2D eigenvalue weighted by molar-refractivity contribution is 5.94. The number of likely N-dealkylation sites (tertiary alicyclic amines) is 1. The van der Waals surface area contributed by atoms with Crippen LogP contribution in [0.3, 0.4) is 0 Å². The first-order valence-electron chi connectivity index (χ1n) is 8.07. The number of likely N-dealkylation sites (N-methyl/N-ethyl adjacent to an activating group) is 1. The van der Waals surface area contributed by atoms with Gasteiger partial charge in [-0.1, -0.05) is 19.4 Å².